The zero-order valence-corrected chi connectivity index (χ0v) is 17.9. The average Bonchev–Trinajstić information content (AvgIpc) is 3.20. The van der Waals surface area contributed by atoms with E-state index in [1.54, 1.807) is 0 Å². The van der Waals surface area contributed by atoms with E-state index in [-0.39, 0.29) is 42.5 Å². The van der Waals surface area contributed by atoms with Crippen molar-refractivity contribution in [1.82, 2.24) is 20.9 Å². The highest BCUT2D eigenvalue weighted by atomic mass is 35.5. The number of rotatable bonds is 7. The van der Waals surface area contributed by atoms with E-state index in [1.165, 1.54) is 12.8 Å². The van der Waals surface area contributed by atoms with Crippen LogP contribution in [0.4, 0.5) is 0 Å². The molecule has 0 aromatic heterocycles. The molecule has 2 saturated heterocycles. The molecule has 2 amide bonds. The number of likely N-dealkylation sites (tertiary alicyclic amines) is 1. The van der Waals surface area contributed by atoms with Gasteiger partial charge in [0.2, 0.25) is 5.91 Å². The van der Waals surface area contributed by atoms with Gasteiger partial charge in [-0.05, 0) is 63.0 Å². The summed E-state index contributed by atoms with van der Waals surface area (Å²) < 4.78 is 0. The Kier molecular flexibility index (Phi) is 11.5. The van der Waals surface area contributed by atoms with Crippen LogP contribution in [0.2, 0.25) is 0 Å². The van der Waals surface area contributed by atoms with Crippen LogP contribution >= 0.6 is 24.8 Å². The van der Waals surface area contributed by atoms with Gasteiger partial charge in [-0.3, -0.25) is 9.59 Å². The first-order valence-electron chi connectivity index (χ1n) is 9.80. The topological polar surface area (TPSA) is 73.5 Å². The lowest BCUT2D eigenvalue weighted by atomic mass is 9.99. The highest BCUT2D eigenvalue weighted by Gasteiger charge is 2.20. The highest BCUT2D eigenvalue weighted by molar-refractivity contribution is 5.94. The highest BCUT2D eigenvalue weighted by Crippen LogP contribution is 2.11. The first kappa shape index (κ1) is 24.7. The third-order valence-corrected chi connectivity index (χ3v) is 5.26. The molecule has 2 heterocycles. The number of carbonyl (C=O) groups excluding carboxylic acids is 2. The molecular weight excluding hydrogens is 399 g/mol. The summed E-state index contributed by atoms with van der Waals surface area (Å²) in [5.74, 6) is 0.151. The maximum absolute atomic E-state index is 12.2. The Morgan fingerprint density at radius 1 is 1.04 bits per heavy atom. The molecule has 2 fully saturated rings. The second-order valence-electron chi connectivity index (χ2n) is 7.26. The number of hydrogen-bond donors (Lipinski definition) is 3. The molecular formula is C20H32Cl2N4O2. The number of carbonyl (C=O) groups is 2. The maximum atomic E-state index is 12.2. The lowest BCUT2D eigenvalue weighted by Gasteiger charge is -2.21. The van der Waals surface area contributed by atoms with Gasteiger partial charge in [0.1, 0.15) is 0 Å². The molecule has 1 unspecified atom stereocenters. The monoisotopic (exact) mass is 430 g/mol. The summed E-state index contributed by atoms with van der Waals surface area (Å²) in [7, 11) is 0. The molecule has 0 radical (unpaired) electrons. The standard InChI is InChI=1S/C20H30N4O2.2ClH/c25-19(22-10-13-24-11-1-2-12-24)17-7-5-16(6-8-17)14-23-20(26)18-4-3-9-21-15-18;;/h5-8,18,21H,1-4,9-15H2,(H,22,25)(H,23,26);2*1H. The molecule has 6 nitrogen and oxygen atoms in total. The van der Waals surface area contributed by atoms with Gasteiger partial charge in [-0.2, -0.15) is 0 Å². The van der Waals surface area contributed by atoms with Crippen molar-refractivity contribution >= 4 is 36.6 Å². The summed E-state index contributed by atoms with van der Waals surface area (Å²) in [6, 6.07) is 7.48. The van der Waals surface area contributed by atoms with Gasteiger partial charge in [-0.15, -0.1) is 24.8 Å². The van der Waals surface area contributed by atoms with E-state index in [0.29, 0.717) is 18.7 Å². The van der Waals surface area contributed by atoms with E-state index < -0.39 is 0 Å². The van der Waals surface area contributed by atoms with Crippen LogP contribution in [-0.4, -0.2) is 56.0 Å². The predicted octanol–water partition coefficient (Wildman–Crippen LogP) is 1.97. The Morgan fingerprint density at radius 3 is 2.39 bits per heavy atom. The molecule has 1 aromatic rings. The third kappa shape index (κ3) is 7.59. The van der Waals surface area contributed by atoms with Crippen LogP contribution in [0.25, 0.3) is 0 Å². The smallest absolute Gasteiger partial charge is 0.251 e. The van der Waals surface area contributed by atoms with E-state index in [2.05, 4.69) is 20.9 Å². The third-order valence-electron chi connectivity index (χ3n) is 5.26. The summed E-state index contributed by atoms with van der Waals surface area (Å²) in [6.45, 7) is 6.18. The number of halogens is 2. The zero-order chi connectivity index (χ0) is 18.2. The van der Waals surface area contributed by atoms with Crippen LogP contribution < -0.4 is 16.0 Å². The van der Waals surface area contributed by atoms with Crippen molar-refractivity contribution in [3.8, 4) is 0 Å². The summed E-state index contributed by atoms with van der Waals surface area (Å²) in [5.41, 5.74) is 1.67. The minimum absolute atomic E-state index is 0. The fourth-order valence-electron chi connectivity index (χ4n) is 3.62. The van der Waals surface area contributed by atoms with Crippen molar-refractivity contribution < 1.29 is 9.59 Å². The SMILES string of the molecule is Cl.Cl.O=C(NCCN1CCCC1)c1ccc(CNC(=O)C2CCCNC2)cc1. The Hall–Kier alpha value is -1.34. The largest absolute Gasteiger partial charge is 0.352 e. The van der Waals surface area contributed by atoms with E-state index in [9.17, 15) is 9.59 Å². The molecule has 3 rings (SSSR count). The second-order valence-corrected chi connectivity index (χ2v) is 7.26. The lowest BCUT2D eigenvalue weighted by Crippen LogP contribution is -2.40. The van der Waals surface area contributed by atoms with Crippen molar-refractivity contribution in [2.45, 2.75) is 32.2 Å². The molecule has 158 valence electrons. The first-order chi connectivity index (χ1) is 12.7. The van der Waals surface area contributed by atoms with Crippen molar-refractivity contribution in [2.75, 3.05) is 39.3 Å². The normalized spacial score (nSPS) is 19.2. The van der Waals surface area contributed by atoms with Crippen LogP contribution in [0.1, 0.15) is 41.6 Å². The molecule has 0 saturated carbocycles. The average molecular weight is 431 g/mol. The zero-order valence-electron chi connectivity index (χ0n) is 16.2. The molecule has 0 aliphatic carbocycles. The van der Waals surface area contributed by atoms with Gasteiger partial charge >= 0.3 is 0 Å². The van der Waals surface area contributed by atoms with Crippen LogP contribution in [0, 0.1) is 5.92 Å². The minimum Gasteiger partial charge on any atom is -0.352 e. The predicted molar refractivity (Wildman–Crippen MR) is 116 cm³/mol. The molecule has 28 heavy (non-hydrogen) atoms. The summed E-state index contributed by atoms with van der Waals surface area (Å²) in [4.78, 5) is 26.7. The number of nitrogens with one attached hydrogen (secondary N) is 3. The Bertz CT molecular complexity index is 601. The number of amides is 2. The van der Waals surface area contributed by atoms with Gasteiger partial charge in [-0.1, -0.05) is 12.1 Å². The molecule has 8 heteroatoms. The number of nitrogens with zero attached hydrogens (tertiary/aromatic N) is 1. The van der Waals surface area contributed by atoms with Crippen LogP contribution in [0.15, 0.2) is 24.3 Å². The van der Waals surface area contributed by atoms with Gasteiger partial charge in [0.25, 0.3) is 5.91 Å². The van der Waals surface area contributed by atoms with Crippen LogP contribution in [-0.2, 0) is 11.3 Å². The molecule has 0 spiro atoms. The van der Waals surface area contributed by atoms with E-state index in [0.717, 1.165) is 51.1 Å². The Labute approximate surface area is 180 Å². The summed E-state index contributed by atoms with van der Waals surface area (Å²) in [6.07, 6.45) is 4.54. The fraction of sp³-hybridized carbons (Fsp3) is 0.600. The van der Waals surface area contributed by atoms with E-state index in [1.807, 2.05) is 24.3 Å². The molecule has 3 N–H and O–H groups in total. The number of piperidine rings is 1. The van der Waals surface area contributed by atoms with Gasteiger partial charge in [-0.25, -0.2) is 0 Å². The van der Waals surface area contributed by atoms with Crippen molar-refractivity contribution in [3.05, 3.63) is 35.4 Å². The van der Waals surface area contributed by atoms with Crippen molar-refractivity contribution in [2.24, 2.45) is 5.92 Å². The molecule has 2 aliphatic heterocycles. The number of benzene rings is 1. The Balaban J connectivity index is 0.00000196. The van der Waals surface area contributed by atoms with E-state index in [4.69, 9.17) is 0 Å². The van der Waals surface area contributed by atoms with Crippen LogP contribution in [0.5, 0.6) is 0 Å². The number of hydrogen-bond acceptors (Lipinski definition) is 4. The van der Waals surface area contributed by atoms with Crippen LogP contribution in [0.3, 0.4) is 0 Å². The lowest BCUT2D eigenvalue weighted by molar-refractivity contribution is -0.125. The molecule has 1 atom stereocenters. The minimum atomic E-state index is -0.0342. The van der Waals surface area contributed by atoms with Gasteiger partial charge < -0.3 is 20.9 Å². The van der Waals surface area contributed by atoms with Crippen molar-refractivity contribution in [1.29, 1.82) is 0 Å². The molecule has 0 bridgehead atoms. The second kappa shape index (κ2) is 13.0. The maximum Gasteiger partial charge on any atom is 0.251 e. The molecule has 1 aromatic carbocycles. The first-order valence-corrected chi connectivity index (χ1v) is 9.80. The molecule has 2 aliphatic rings. The van der Waals surface area contributed by atoms with Crippen molar-refractivity contribution in [3.63, 3.8) is 0 Å². The summed E-state index contributed by atoms with van der Waals surface area (Å²) in [5, 5.41) is 9.24. The van der Waals surface area contributed by atoms with Gasteiger partial charge in [0.15, 0.2) is 0 Å². The Morgan fingerprint density at radius 2 is 1.75 bits per heavy atom. The summed E-state index contributed by atoms with van der Waals surface area (Å²) >= 11 is 0. The fourth-order valence-corrected chi connectivity index (χ4v) is 3.62. The van der Waals surface area contributed by atoms with Gasteiger partial charge in [0.05, 0.1) is 5.92 Å². The van der Waals surface area contributed by atoms with Gasteiger partial charge in [0, 0.05) is 31.7 Å². The van der Waals surface area contributed by atoms with E-state index >= 15 is 0 Å². The quantitative estimate of drug-likeness (QED) is 0.617.